The van der Waals surface area contributed by atoms with Crippen LogP contribution in [0.15, 0.2) is 83.5 Å². The highest BCUT2D eigenvalue weighted by molar-refractivity contribution is 9.10. The van der Waals surface area contributed by atoms with Crippen molar-refractivity contribution in [3.63, 3.8) is 0 Å². The number of carbonyl (C=O) groups excluding carboxylic acids is 2. The fourth-order valence-electron chi connectivity index (χ4n) is 4.28. The van der Waals surface area contributed by atoms with Crippen molar-refractivity contribution in [2.45, 2.75) is 18.3 Å². The van der Waals surface area contributed by atoms with Gasteiger partial charge < -0.3 is 29.1 Å². The van der Waals surface area contributed by atoms with Crippen LogP contribution in [0, 0.1) is 0 Å². The first-order valence-electron chi connectivity index (χ1n) is 11.6. The normalized spacial score (nSPS) is 14.7. The Hall–Kier alpha value is -3.37. The van der Waals surface area contributed by atoms with Crippen molar-refractivity contribution < 1.29 is 37.5 Å². The molecule has 0 saturated heterocycles. The van der Waals surface area contributed by atoms with Crippen molar-refractivity contribution in [3.05, 3.63) is 111 Å². The number of aldehydes is 1. The first-order chi connectivity index (χ1) is 18.5. The van der Waals surface area contributed by atoms with E-state index in [0.717, 1.165) is 29.2 Å². The van der Waals surface area contributed by atoms with Gasteiger partial charge in [-0.05, 0) is 34.9 Å². The van der Waals surface area contributed by atoms with Gasteiger partial charge in [0.05, 0.1) is 25.0 Å². The third kappa shape index (κ3) is 5.96. The minimum absolute atomic E-state index is 0.146. The summed E-state index contributed by atoms with van der Waals surface area (Å²) in [6.07, 6.45) is 2.66. The molecule has 8 nitrogen and oxygen atoms in total. The van der Waals surface area contributed by atoms with Crippen molar-refractivity contribution in [2.24, 2.45) is 0 Å². The van der Waals surface area contributed by atoms with Gasteiger partial charge in [-0.25, -0.2) is 4.79 Å². The van der Waals surface area contributed by atoms with Gasteiger partial charge in [-0.2, -0.15) is 8.78 Å². The lowest BCUT2D eigenvalue weighted by molar-refractivity contribution is -0.112. The highest BCUT2D eigenvalue weighted by Crippen LogP contribution is 2.60. The van der Waals surface area contributed by atoms with Crippen LogP contribution in [-0.4, -0.2) is 45.6 Å². The topological polar surface area (TPSA) is 107 Å². The van der Waals surface area contributed by atoms with Crippen molar-refractivity contribution in [2.75, 3.05) is 13.8 Å². The lowest BCUT2D eigenvalue weighted by atomic mass is 10.1. The quantitative estimate of drug-likeness (QED) is 0.184. The Balaban J connectivity index is 1.68. The highest BCUT2D eigenvalue weighted by Gasteiger charge is 2.51. The standard InChI is InChI=1S/C27H24BrF2N2O6P/c1-38-26(34)21-10-8-20(9-11-21)24-15-32(25(16-33)19-5-3-2-4-6-19)17-31(24)14-18-7-12-22(23(28)13-18)27(29,30)39(35,36)37/h2-13,15-16,25H,14,17H2,1H3,(H2,35,36,37). The highest BCUT2D eigenvalue weighted by atomic mass is 79.9. The fourth-order valence-corrected chi connectivity index (χ4v) is 5.62. The number of hydrogen-bond donors (Lipinski definition) is 2. The Morgan fingerprint density at radius 2 is 1.79 bits per heavy atom. The van der Waals surface area contributed by atoms with E-state index in [1.165, 1.54) is 19.2 Å². The van der Waals surface area contributed by atoms with Crippen LogP contribution in [0.4, 0.5) is 8.78 Å². The van der Waals surface area contributed by atoms with E-state index in [2.05, 4.69) is 15.9 Å². The van der Waals surface area contributed by atoms with E-state index in [1.54, 1.807) is 24.3 Å². The molecule has 1 aliphatic heterocycles. The molecule has 3 aromatic carbocycles. The molecule has 4 rings (SSSR count). The van der Waals surface area contributed by atoms with E-state index in [1.807, 2.05) is 46.3 Å². The zero-order valence-electron chi connectivity index (χ0n) is 20.6. The summed E-state index contributed by atoms with van der Waals surface area (Å²) in [5.41, 5.74) is -1.98. The van der Waals surface area contributed by atoms with Crippen molar-refractivity contribution in [1.29, 1.82) is 0 Å². The second-order valence-electron chi connectivity index (χ2n) is 8.83. The number of ether oxygens (including phenoxy) is 1. The molecule has 0 fully saturated rings. The molecule has 1 atom stereocenters. The number of esters is 1. The van der Waals surface area contributed by atoms with Gasteiger partial charge in [0.2, 0.25) is 0 Å². The van der Waals surface area contributed by atoms with Crippen molar-refractivity contribution >= 4 is 41.5 Å². The number of alkyl halides is 2. The summed E-state index contributed by atoms with van der Waals surface area (Å²) in [5.74, 6) is -0.484. The molecule has 204 valence electrons. The van der Waals surface area contributed by atoms with Gasteiger partial charge in [0.15, 0.2) is 0 Å². The molecule has 0 amide bonds. The molecule has 0 radical (unpaired) electrons. The van der Waals surface area contributed by atoms with Gasteiger partial charge in [-0.1, -0.05) is 70.5 Å². The molecule has 39 heavy (non-hydrogen) atoms. The largest absolute Gasteiger partial charge is 0.465 e. The number of carbonyl (C=O) groups is 2. The molecule has 0 aliphatic carbocycles. The molecule has 0 aromatic heterocycles. The van der Waals surface area contributed by atoms with E-state index >= 15 is 0 Å². The average Bonchev–Trinajstić information content (AvgIpc) is 3.31. The van der Waals surface area contributed by atoms with Crippen LogP contribution in [0.25, 0.3) is 5.70 Å². The Morgan fingerprint density at radius 1 is 1.13 bits per heavy atom. The second-order valence-corrected chi connectivity index (χ2v) is 11.3. The molecule has 1 heterocycles. The van der Waals surface area contributed by atoms with Gasteiger partial charge in [0.1, 0.15) is 12.3 Å². The van der Waals surface area contributed by atoms with Gasteiger partial charge in [-0.3, -0.25) is 4.57 Å². The minimum Gasteiger partial charge on any atom is -0.465 e. The Morgan fingerprint density at radius 3 is 2.36 bits per heavy atom. The Labute approximate surface area is 231 Å². The van der Waals surface area contributed by atoms with E-state index in [0.29, 0.717) is 11.1 Å². The summed E-state index contributed by atoms with van der Waals surface area (Å²) in [5, 5.41) is 0. The predicted octanol–water partition coefficient (Wildman–Crippen LogP) is 5.48. The zero-order valence-corrected chi connectivity index (χ0v) is 23.1. The number of hydrogen-bond acceptors (Lipinski definition) is 6. The van der Waals surface area contributed by atoms with E-state index in [4.69, 9.17) is 14.5 Å². The van der Waals surface area contributed by atoms with Crippen LogP contribution < -0.4 is 0 Å². The third-order valence-corrected chi connectivity index (χ3v) is 7.92. The molecule has 0 saturated carbocycles. The lowest BCUT2D eigenvalue weighted by Crippen LogP contribution is -2.30. The summed E-state index contributed by atoms with van der Waals surface area (Å²) >= 11 is 3.03. The molecular formula is C27H24BrF2N2O6P. The fraction of sp³-hybridized carbons (Fsp3) is 0.185. The van der Waals surface area contributed by atoms with E-state index in [9.17, 15) is 22.9 Å². The number of halogens is 3. The second kappa shape index (κ2) is 11.4. The molecule has 1 aliphatic rings. The number of methoxy groups -OCH3 is 1. The van der Waals surface area contributed by atoms with Crippen LogP contribution in [0.1, 0.15) is 38.7 Å². The average molecular weight is 621 g/mol. The maximum absolute atomic E-state index is 14.3. The van der Waals surface area contributed by atoms with E-state index in [-0.39, 0.29) is 17.7 Å². The minimum atomic E-state index is -5.73. The van der Waals surface area contributed by atoms with Crippen LogP contribution in [0.5, 0.6) is 0 Å². The van der Waals surface area contributed by atoms with Crippen molar-refractivity contribution in [1.82, 2.24) is 9.80 Å². The summed E-state index contributed by atoms with van der Waals surface area (Å²) in [6, 6.07) is 19.1. The Bertz CT molecular complexity index is 1450. The van der Waals surface area contributed by atoms with Gasteiger partial charge in [0, 0.05) is 22.8 Å². The molecule has 2 N–H and O–H groups in total. The van der Waals surface area contributed by atoms with Gasteiger partial charge in [-0.15, -0.1) is 0 Å². The first-order valence-corrected chi connectivity index (χ1v) is 14.0. The predicted molar refractivity (Wildman–Crippen MR) is 143 cm³/mol. The summed E-state index contributed by atoms with van der Waals surface area (Å²) in [6.45, 7) is 0.506. The molecular weight excluding hydrogens is 597 g/mol. The zero-order chi connectivity index (χ0) is 28.4. The Kier molecular flexibility index (Phi) is 8.37. The number of nitrogens with zero attached hydrogens (tertiary/aromatic N) is 2. The van der Waals surface area contributed by atoms with Gasteiger partial charge >= 0.3 is 19.2 Å². The third-order valence-electron chi connectivity index (χ3n) is 6.29. The van der Waals surface area contributed by atoms with Crippen LogP contribution in [-0.2, 0) is 26.3 Å². The summed E-state index contributed by atoms with van der Waals surface area (Å²) < 4.78 is 44.6. The summed E-state index contributed by atoms with van der Waals surface area (Å²) in [4.78, 5) is 46.0. The molecule has 12 heteroatoms. The monoisotopic (exact) mass is 620 g/mol. The van der Waals surface area contributed by atoms with E-state index < -0.39 is 30.8 Å². The molecule has 0 spiro atoms. The SMILES string of the molecule is COC(=O)c1ccc(C2=CN(C(C=O)c3ccccc3)CN2Cc2ccc(C(F)(F)P(=O)(O)O)c(Br)c2)cc1. The summed E-state index contributed by atoms with van der Waals surface area (Å²) in [7, 11) is -4.44. The number of rotatable bonds is 9. The smallest absolute Gasteiger partial charge is 0.399 e. The van der Waals surface area contributed by atoms with Gasteiger partial charge in [0.25, 0.3) is 0 Å². The van der Waals surface area contributed by atoms with Crippen molar-refractivity contribution in [3.8, 4) is 0 Å². The first kappa shape index (κ1) is 28.6. The molecule has 3 aromatic rings. The maximum Gasteiger partial charge on any atom is 0.399 e. The molecule has 1 unspecified atom stereocenters. The lowest BCUT2D eigenvalue weighted by Gasteiger charge is -2.28. The van der Waals surface area contributed by atoms with Crippen LogP contribution in [0.2, 0.25) is 0 Å². The van der Waals surface area contributed by atoms with Crippen LogP contribution in [0.3, 0.4) is 0 Å². The number of benzene rings is 3. The van der Waals surface area contributed by atoms with Crippen LogP contribution >= 0.6 is 23.5 Å². The maximum atomic E-state index is 14.3. The molecule has 0 bridgehead atoms.